The number of hydrogen-bond acceptors (Lipinski definition) is 9. The zero-order valence-corrected chi connectivity index (χ0v) is 26.4. The molecule has 16 heteroatoms. The largest absolute Gasteiger partial charge is 0.480 e. The van der Waals surface area contributed by atoms with Crippen molar-refractivity contribution < 1.29 is 38.7 Å². The monoisotopic (exact) mass is 638 g/mol. The van der Waals surface area contributed by atoms with E-state index in [2.05, 4.69) is 26.6 Å². The van der Waals surface area contributed by atoms with Gasteiger partial charge < -0.3 is 48.1 Å². The second kappa shape index (κ2) is 18.2. The highest BCUT2D eigenvalue weighted by molar-refractivity contribution is 5.96. The molecule has 10 N–H and O–H groups in total. The number of primary amides is 1. The maximum absolute atomic E-state index is 13.6. The minimum Gasteiger partial charge on any atom is -0.480 e. The third kappa shape index (κ3) is 11.6. The Hall–Kier alpha value is -3.79. The van der Waals surface area contributed by atoms with Crippen LogP contribution in [0.2, 0.25) is 0 Å². The van der Waals surface area contributed by atoms with Gasteiger partial charge >= 0.3 is 5.97 Å². The molecular weight excluding hydrogens is 588 g/mol. The average molecular weight is 639 g/mol. The summed E-state index contributed by atoms with van der Waals surface area (Å²) in [5.74, 6) is -5.02. The van der Waals surface area contributed by atoms with Crippen molar-refractivity contribution in [2.75, 3.05) is 19.6 Å². The highest BCUT2D eigenvalue weighted by atomic mass is 16.4. The van der Waals surface area contributed by atoms with Crippen molar-refractivity contribution in [3.8, 4) is 0 Å². The fourth-order valence-corrected chi connectivity index (χ4v) is 5.41. The van der Waals surface area contributed by atoms with Gasteiger partial charge in [0.25, 0.3) is 0 Å². The quantitative estimate of drug-likeness (QED) is 0.0753. The van der Waals surface area contributed by atoms with Crippen molar-refractivity contribution in [1.29, 1.82) is 0 Å². The minimum atomic E-state index is -1.27. The zero-order chi connectivity index (χ0) is 33.7. The molecular formula is C29H50N8O8. The number of unbranched alkanes of at least 4 members (excludes halogenated alkanes) is 1. The predicted octanol–water partition coefficient (Wildman–Crippen LogP) is -2.18. The van der Waals surface area contributed by atoms with Gasteiger partial charge in [-0.25, -0.2) is 4.79 Å². The first kappa shape index (κ1) is 37.4. The summed E-state index contributed by atoms with van der Waals surface area (Å²) in [5, 5.41) is 22.8. The number of nitrogens with one attached hydrogen (secondary N) is 5. The third-order valence-electron chi connectivity index (χ3n) is 8.07. The van der Waals surface area contributed by atoms with E-state index in [4.69, 9.17) is 11.5 Å². The number of nitrogens with two attached hydrogens (primary N) is 2. The number of amides is 6. The van der Waals surface area contributed by atoms with Gasteiger partial charge in [-0.15, -0.1) is 0 Å². The summed E-state index contributed by atoms with van der Waals surface area (Å²) in [6.45, 7) is 6.34. The van der Waals surface area contributed by atoms with Crippen LogP contribution in [0.5, 0.6) is 0 Å². The van der Waals surface area contributed by atoms with Crippen LogP contribution in [0.4, 0.5) is 0 Å². The van der Waals surface area contributed by atoms with Gasteiger partial charge in [0.2, 0.25) is 35.4 Å². The molecule has 0 aromatic heterocycles. The maximum Gasteiger partial charge on any atom is 0.326 e. The summed E-state index contributed by atoms with van der Waals surface area (Å²) in [6, 6.07) is -5.77. The summed E-state index contributed by atoms with van der Waals surface area (Å²) in [7, 11) is 0. The molecule has 0 spiro atoms. The Morgan fingerprint density at radius 3 is 2.16 bits per heavy atom. The molecule has 0 saturated carbocycles. The minimum absolute atomic E-state index is 0.158. The van der Waals surface area contributed by atoms with Crippen molar-refractivity contribution in [2.45, 2.75) is 115 Å². The first-order chi connectivity index (χ1) is 21.3. The summed E-state index contributed by atoms with van der Waals surface area (Å²) in [6.07, 6.45) is 3.19. The molecule has 45 heavy (non-hydrogen) atoms. The van der Waals surface area contributed by atoms with E-state index in [1.54, 1.807) is 13.8 Å². The van der Waals surface area contributed by atoms with Crippen LogP contribution in [0.15, 0.2) is 0 Å². The molecule has 0 aliphatic carbocycles. The highest BCUT2D eigenvalue weighted by Crippen LogP contribution is 2.21. The molecule has 2 fully saturated rings. The van der Waals surface area contributed by atoms with E-state index < -0.39 is 65.7 Å². The van der Waals surface area contributed by atoms with E-state index in [1.165, 1.54) is 11.8 Å². The Bertz CT molecular complexity index is 1080. The molecule has 0 radical (unpaired) electrons. The molecule has 2 saturated heterocycles. The van der Waals surface area contributed by atoms with Crippen molar-refractivity contribution in [2.24, 2.45) is 17.4 Å². The van der Waals surface area contributed by atoms with Crippen molar-refractivity contribution in [1.82, 2.24) is 31.5 Å². The molecule has 2 heterocycles. The number of carbonyl (C=O) groups excluding carboxylic acids is 6. The number of carboxylic acid groups (broad SMARTS) is 1. The molecule has 0 aromatic carbocycles. The summed E-state index contributed by atoms with van der Waals surface area (Å²) < 4.78 is 0. The maximum atomic E-state index is 13.6. The number of hydrogen-bond donors (Lipinski definition) is 8. The van der Waals surface area contributed by atoms with Crippen LogP contribution in [0.1, 0.15) is 78.6 Å². The van der Waals surface area contributed by atoms with Gasteiger partial charge in [-0.1, -0.05) is 13.8 Å². The highest BCUT2D eigenvalue weighted by Gasteiger charge is 2.40. The molecule has 0 bridgehead atoms. The van der Waals surface area contributed by atoms with Crippen molar-refractivity contribution in [3.05, 3.63) is 0 Å². The van der Waals surface area contributed by atoms with Crippen LogP contribution in [0.25, 0.3) is 0 Å². The lowest BCUT2D eigenvalue weighted by Crippen LogP contribution is -2.59. The van der Waals surface area contributed by atoms with Gasteiger partial charge in [-0.3, -0.25) is 28.8 Å². The molecule has 16 nitrogen and oxygen atoms in total. The van der Waals surface area contributed by atoms with Crippen molar-refractivity contribution >= 4 is 41.4 Å². The van der Waals surface area contributed by atoms with Crippen LogP contribution in [0.3, 0.4) is 0 Å². The Morgan fingerprint density at radius 2 is 1.58 bits per heavy atom. The fraction of sp³-hybridized carbons (Fsp3) is 0.759. The molecule has 0 aromatic rings. The number of likely N-dealkylation sites (tertiary alicyclic amines) is 1. The zero-order valence-electron chi connectivity index (χ0n) is 26.4. The van der Waals surface area contributed by atoms with Crippen LogP contribution >= 0.6 is 0 Å². The van der Waals surface area contributed by atoms with Crippen molar-refractivity contribution in [3.63, 3.8) is 0 Å². The van der Waals surface area contributed by atoms with Crippen LogP contribution in [0, 0.1) is 5.92 Å². The molecule has 2 rings (SSSR count). The first-order valence-corrected chi connectivity index (χ1v) is 15.7. The van der Waals surface area contributed by atoms with E-state index in [9.17, 15) is 38.7 Å². The molecule has 254 valence electrons. The van der Waals surface area contributed by atoms with Crippen LogP contribution in [-0.4, -0.2) is 107 Å². The van der Waals surface area contributed by atoms with Gasteiger partial charge in [-0.05, 0) is 77.3 Å². The Balaban J connectivity index is 2.09. The van der Waals surface area contributed by atoms with E-state index >= 15 is 0 Å². The average Bonchev–Trinajstić information content (AvgIpc) is 3.69. The van der Waals surface area contributed by atoms with Gasteiger partial charge in [0.05, 0.1) is 6.04 Å². The lowest BCUT2D eigenvalue weighted by Gasteiger charge is -2.32. The summed E-state index contributed by atoms with van der Waals surface area (Å²) >= 11 is 0. The molecule has 2 aliphatic rings. The van der Waals surface area contributed by atoms with E-state index in [1.807, 2.05) is 0 Å². The Kier molecular flexibility index (Phi) is 15.2. The lowest BCUT2D eigenvalue weighted by atomic mass is 10.0. The standard InChI is InChI=1S/C29H50N8O8/c1-16(2)23(36-25(40)18-9-6-14-32-18)28(43)37-15-7-10-21(37)27(42)34-19(11-12-22(31)38)26(41)33-17(3)24(39)35-20(29(44)45)8-4-5-13-30/h16-21,23,32H,4-15,30H2,1-3H3,(H2,31,38)(H,33,41)(H,34,42)(H,35,39)(H,36,40)(H,44,45)/t17-,18-,19-,20-,21-,23-/m0/s1. The van der Waals surface area contributed by atoms with Crippen LogP contribution < -0.4 is 38.1 Å². The second-order valence-electron chi connectivity index (χ2n) is 12.0. The number of aliphatic carboxylic acids is 1. The fourth-order valence-electron chi connectivity index (χ4n) is 5.41. The van der Waals surface area contributed by atoms with Crippen LogP contribution in [-0.2, 0) is 33.6 Å². The molecule has 0 unspecified atom stereocenters. The number of carboxylic acids is 1. The lowest BCUT2D eigenvalue weighted by molar-refractivity contribution is -0.143. The van der Waals surface area contributed by atoms with E-state index in [-0.39, 0.29) is 43.7 Å². The summed E-state index contributed by atoms with van der Waals surface area (Å²) in [5.41, 5.74) is 10.7. The summed E-state index contributed by atoms with van der Waals surface area (Å²) in [4.78, 5) is 90.2. The normalized spacial score (nSPS) is 20.5. The molecule has 6 atom stereocenters. The van der Waals surface area contributed by atoms with Gasteiger partial charge in [-0.2, -0.15) is 0 Å². The third-order valence-corrected chi connectivity index (χ3v) is 8.07. The molecule has 2 aliphatic heterocycles. The number of rotatable bonds is 18. The predicted molar refractivity (Wildman–Crippen MR) is 163 cm³/mol. The number of nitrogens with zero attached hydrogens (tertiary/aromatic N) is 1. The first-order valence-electron chi connectivity index (χ1n) is 15.7. The van der Waals surface area contributed by atoms with E-state index in [0.29, 0.717) is 38.6 Å². The van der Waals surface area contributed by atoms with Gasteiger partial charge in [0.1, 0.15) is 30.2 Å². The Morgan fingerprint density at radius 1 is 0.867 bits per heavy atom. The van der Waals surface area contributed by atoms with Gasteiger partial charge in [0, 0.05) is 13.0 Å². The van der Waals surface area contributed by atoms with E-state index in [0.717, 1.165) is 13.0 Å². The van der Waals surface area contributed by atoms with Gasteiger partial charge in [0.15, 0.2) is 0 Å². The topological polar surface area (TPSA) is 255 Å². The molecule has 6 amide bonds. The smallest absolute Gasteiger partial charge is 0.326 e. The second-order valence-corrected chi connectivity index (χ2v) is 12.0. The number of carbonyl (C=O) groups is 7. The Labute approximate surface area is 263 Å². The SMILES string of the molecule is CC(C)[C@H](NC(=O)[C@@H]1CCCN1)C(=O)N1CCC[C@H]1C(=O)N[C@@H](CCC(N)=O)C(=O)N[C@@H](C)C(=O)N[C@@H](CCCCN)C(=O)O.